The number of carbonyl (C=O) groups is 1. The second-order valence-electron chi connectivity index (χ2n) is 7.93. The Balaban J connectivity index is 2.99. The van der Waals surface area contributed by atoms with E-state index in [2.05, 4.69) is 4.72 Å². The molecule has 0 aliphatic heterocycles. The second-order valence-corrected chi connectivity index (χ2v) is 9.92. The van der Waals surface area contributed by atoms with Gasteiger partial charge in [-0.2, -0.15) is 0 Å². The molecule has 1 aromatic rings. The summed E-state index contributed by atoms with van der Waals surface area (Å²) in [5.74, 6) is -0.242. The number of carbonyl (C=O) groups excluding carboxylic acids is 1. The summed E-state index contributed by atoms with van der Waals surface area (Å²) >= 11 is -1.15. The average Bonchev–Trinajstić information content (AvgIpc) is 2.45. The maximum Gasteiger partial charge on any atom is 0.316 e. The molecule has 136 valence electrons. The molecule has 0 bridgehead atoms. The van der Waals surface area contributed by atoms with Crippen molar-refractivity contribution in [2.45, 2.75) is 77.7 Å². The summed E-state index contributed by atoms with van der Waals surface area (Å²) < 4.78 is 20.5. The van der Waals surface area contributed by atoms with Crippen molar-refractivity contribution in [2.75, 3.05) is 0 Å². The third-order valence-electron chi connectivity index (χ3n) is 3.80. The van der Waals surface area contributed by atoms with Gasteiger partial charge in [-0.25, -0.2) is 0 Å². The molecule has 5 heteroatoms. The molecule has 0 amide bonds. The average molecular weight is 354 g/mol. The molecule has 0 saturated heterocycles. The molecule has 4 nitrogen and oxygen atoms in total. The Hall–Kier alpha value is -1.04. The third-order valence-corrected chi connectivity index (χ3v) is 5.48. The van der Waals surface area contributed by atoms with Crippen LogP contribution in [0.3, 0.4) is 0 Å². The van der Waals surface area contributed by atoms with Gasteiger partial charge in [0.2, 0.25) is 0 Å². The van der Waals surface area contributed by atoms with E-state index >= 15 is 0 Å². The van der Waals surface area contributed by atoms with Gasteiger partial charge in [0.05, 0.1) is 17.6 Å². The summed E-state index contributed by atoms with van der Waals surface area (Å²) in [6.45, 7) is 15.2. The van der Waals surface area contributed by atoms with Crippen molar-refractivity contribution in [1.82, 2.24) is 4.72 Å². The topological polar surface area (TPSA) is 61.4 Å². The van der Waals surface area contributed by atoms with Crippen molar-refractivity contribution in [3.63, 3.8) is 0 Å². The number of esters is 1. The molecule has 1 rings (SSSR count). The molecule has 0 saturated carbocycles. The zero-order chi connectivity index (χ0) is 18.7. The zero-order valence-corrected chi connectivity index (χ0v) is 16.9. The first-order valence-corrected chi connectivity index (χ1v) is 9.50. The Bertz CT molecular complexity index is 564. The van der Waals surface area contributed by atoms with Gasteiger partial charge in [-0.1, -0.05) is 24.3 Å². The highest BCUT2D eigenvalue weighted by Crippen LogP contribution is 2.28. The van der Waals surface area contributed by atoms with Crippen molar-refractivity contribution in [1.29, 1.82) is 0 Å². The highest BCUT2D eigenvalue weighted by Gasteiger charge is 2.33. The number of hydrogen-bond acceptors (Lipinski definition) is 4. The molecule has 24 heavy (non-hydrogen) atoms. The van der Waals surface area contributed by atoms with Gasteiger partial charge in [0.25, 0.3) is 0 Å². The van der Waals surface area contributed by atoms with Crippen LogP contribution in [0.4, 0.5) is 0 Å². The Morgan fingerprint density at radius 1 is 1.17 bits per heavy atom. The number of benzene rings is 1. The van der Waals surface area contributed by atoms with Crippen LogP contribution < -0.4 is 4.72 Å². The minimum absolute atomic E-state index is 0.0815. The maximum atomic E-state index is 12.4. The fourth-order valence-electron chi connectivity index (χ4n) is 2.08. The second kappa shape index (κ2) is 7.89. The van der Waals surface area contributed by atoms with Gasteiger partial charge >= 0.3 is 5.97 Å². The van der Waals surface area contributed by atoms with Crippen molar-refractivity contribution in [3.05, 3.63) is 35.4 Å². The molecule has 0 radical (unpaired) electrons. The van der Waals surface area contributed by atoms with Gasteiger partial charge in [0, 0.05) is 11.4 Å². The lowest BCUT2D eigenvalue weighted by molar-refractivity contribution is -0.153. The van der Waals surface area contributed by atoms with E-state index in [-0.39, 0.29) is 22.9 Å². The van der Waals surface area contributed by atoms with Crippen molar-refractivity contribution >= 4 is 17.3 Å². The first-order valence-electron chi connectivity index (χ1n) is 8.35. The first-order chi connectivity index (χ1) is 10.9. The normalized spacial score (nSPS) is 15.2. The molecule has 0 aliphatic rings. The predicted molar refractivity (Wildman–Crippen MR) is 100 cm³/mol. The predicted octanol–water partition coefficient (Wildman–Crippen LogP) is 4.03. The smallest absolute Gasteiger partial charge is 0.316 e. The first kappa shape index (κ1) is 21.0. The van der Waals surface area contributed by atoms with Gasteiger partial charge in [-0.15, -0.1) is 4.72 Å². The van der Waals surface area contributed by atoms with E-state index in [1.807, 2.05) is 79.7 Å². The number of rotatable bonds is 6. The Morgan fingerprint density at radius 3 is 2.25 bits per heavy atom. The molecule has 1 N–H and O–H groups in total. The summed E-state index contributed by atoms with van der Waals surface area (Å²) in [5, 5.41) is 0. The Labute approximate surface area is 149 Å². The van der Waals surface area contributed by atoms with Crippen LogP contribution in [0, 0.1) is 0 Å². The van der Waals surface area contributed by atoms with Crippen molar-refractivity contribution in [2.24, 2.45) is 0 Å². The minimum atomic E-state index is -1.15. The van der Waals surface area contributed by atoms with E-state index in [1.165, 1.54) is 0 Å². The van der Waals surface area contributed by atoms with Crippen molar-refractivity contribution < 1.29 is 14.1 Å². The Kier molecular flexibility index (Phi) is 6.91. The van der Waals surface area contributed by atoms with Crippen LogP contribution in [0.25, 0.3) is 0 Å². The summed E-state index contributed by atoms with van der Waals surface area (Å²) in [5.41, 5.74) is 1.15. The molecular formula is C19H31NO3S. The van der Waals surface area contributed by atoms with Crippen LogP contribution >= 0.6 is 0 Å². The summed E-state index contributed by atoms with van der Waals surface area (Å²) in [6.07, 6.45) is -0.144. The lowest BCUT2D eigenvalue weighted by Crippen LogP contribution is -2.40. The van der Waals surface area contributed by atoms with E-state index in [1.54, 1.807) is 0 Å². The van der Waals surface area contributed by atoms with E-state index < -0.39 is 16.8 Å². The molecule has 0 fully saturated rings. The molecule has 0 aliphatic carbocycles. The number of hydrogen-bond donors (Lipinski definition) is 1. The van der Waals surface area contributed by atoms with Crippen LogP contribution in [0.2, 0.25) is 0 Å². The fourth-order valence-corrected chi connectivity index (χ4v) is 2.89. The lowest BCUT2D eigenvalue weighted by Gasteiger charge is -2.28. The summed E-state index contributed by atoms with van der Waals surface area (Å²) in [6, 6.07) is 7.73. The van der Waals surface area contributed by atoms with Gasteiger partial charge in [-0.3, -0.25) is 4.79 Å². The van der Waals surface area contributed by atoms with Crippen LogP contribution in [-0.2, 0) is 26.3 Å². The van der Waals surface area contributed by atoms with Crippen LogP contribution in [-0.4, -0.2) is 21.4 Å². The summed E-state index contributed by atoms with van der Waals surface area (Å²) in [4.78, 5) is 12.4. The summed E-state index contributed by atoms with van der Waals surface area (Å²) in [7, 11) is 0. The molecule has 0 heterocycles. The molecule has 1 aromatic carbocycles. The minimum Gasteiger partial charge on any atom is -0.598 e. The molecule has 2 atom stereocenters. The standard InChI is InChI=1S/C19H31NO3S/c1-13(2)23-17(21)19(7,8)16-11-9-10-15(12-16)14(3)20-24(22)18(4,5)6/h9-14,20H,1-8H3/t14?,24-/m1/s1. The van der Waals surface area contributed by atoms with Crippen LogP contribution in [0.15, 0.2) is 24.3 Å². The molecular weight excluding hydrogens is 322 g/mol. The SMILES string of the molecule is CC(C)OC(=O)C(C)(C)c1cccc(C(C)N[S@+]([O-])C(C)(C)C)c1. The number of ether oxygens (including phenoxy) is 1. The third kappa shape index (κ3) is 5.50. The molecule has 0 aromatic heterocycles. The Morgan fingerprint density at radius 2 is 1.75 bits per heavy atom. The van der Waals surface area contributed by atoms with E-state index in [0.29, 0.717) is 0 Å². The van der Waals surface area contributed by atoms with Crippen LogP contribution in [0.1, 0.15) is 72.6 Å². The maximum absolute atomic E-state index is 12.4. The van der Waals surface area contributed by atoms with E-state index in [0.717, 1.165) is 11.1 Å². The number of nitrogens with one attached hydrogen (secondary N) is 1. The highest BCUT2D eigenvalue weighted by atomic mass is 32.2. The monoisotopic (exact) mass is 353 g/mol. The van der Waals surface area contributed by atoms with Gasteiger partial charge in [0.15, 0.2) is 0 Å². The quantitative estimate of drug-likeness (QED) is 0.619. The van der Waals surface area contributed by atoms with Crippen LogP contribution in [0.5, 0.6) is 0 Å². The van der Waals surface area contributed by atoms with Crippen molar-refractivity contribution in [3.8, 4) is 0 Å². The van der Waals surface area contributed by atoms with Gasteiger partial charge in [0.1, 0.15) is 4.75 Å². The highest BCUT2D eigenvalue weighted by molar-refractivity contribution is 7.90. The van der Waals surface area contributed by atoms with E-state index in [4.69, 9.17) is 4.74 Å². The molecule has 0 spiro atoms. The zero-order valence-electron chi connectivity index (χ0n) is 16.1. The molecule has 1 unspecified atom stereocenters. The lowest BCUT2D eigenvalue weighted by atomic mass is 9.83. The van der Waals surface area contributed by atoms with E-state index in [9.17, 15) is 9.35 Å². The van der Waals surface area contributed by atoms with Gasteiger partial charge in [-0.05, 0) is 66.5 Å². The largest absolute Gasteiger partial charge is 0.598 e. The van der Waals surface area contributed by atoms with Gasteiger partial charge < -0.3 is 9.29 Å². The fraction of sp³-hybridized carbons (Fsp3) is 0.632.